The Labute approximate surface area is 368 Å². The van der Waals surface area contributed by atoms with Gasteiger partial charge in [-0.25, -0.2) is 21.9 Å². The molecule has 0 atom stereocenters. The molecule has 0 fully saturated rings. The number of carbonyl (C=O) groups excluding carboxylic acids is 3. The predicted molar refractivity (Wildman–Crippen MR) is 238 cm³/mol. The number of benzene rings is 6. The Kier molecular flexibility index (Phi) is 17.7. The van der Waals surface area contributed by atoms with Gasteiger partial charge in [0.05, 0.1) is 28.3 Å². The summed E-state index contributed by atoms with van der Waals surface area (Å²) in [5, 5.41) is 5.41. The van der Waals surface area contributed by atoms with Gasteiger partial charge in [0.25, 0.3) is 21.8 Å². The van der Waals surface area contributed by atoms with Crippen molar-refractivity contribution in [1.82, 2.24) is 4.72 Å². The average Bonchev–Trinajstić information content (AvgIpc) is 3.29. The van der Waals surface area contributed by atoms with E-state index in [-0.39, 0.29) is 34.5 Å². The maximum Gasteiger partial charge on any atom is 0.266 e. The van der Waals surface area contributed by atoms with E-state index in [0.29, 0.717) is 44.8 Å². The molecule has 5 N–H and O–H groups in total. The number of para-hydroxylation sites is 2. The third-order valence-electron chi connectivity index (χ3n) is 8.66. The Morgan fingerprint density at radius 1 is 0.603 bits per heavy atom. The molecule has 11 nitrogen and oxygen atoms in total. The molecule has 0 aliphatic carbocycles. The van der Waals surface area contributed by atoms with Crippen molar-refractivity contribution in [2.45, 2.75) is 42.4 Å². The molecule has 0 spiro atoms. The van der Waals surface area contributed by atoms with E-state index >= 15 is 0 Å². The Morgan fingerprint density at radius 3 is 1.51 bits per heavy atom. The van der Waals surface area contributed by atoms with Crippen LogP contribution in [0, 0.1) is 35.3 Å². The number of carbonyl (C=O) groups is 3. The van der Waals surface area contributed by atoms with Crippen LogP contribution in [0.3, 0.4) is 0 Å². The number of hydrogen-bond donors (Lipinski definition) is 4. The summed E-state index contributed by atoms with van der Waals surface area (Å²) in [6, 6.07) is 38.0. The third-order valence-corrected chi connectivity index (χ3v) is 10.8. The van der Waals surface area contributed by atoms with Crippen LogP contribution in [-0.2, 0) is 24.1 Å². The van der Waals surface area contributed by atoms with Crippen LogP contribution in [0.5, 0.6) is 0 Å². The van der Waals surface area contributed by atoms with Crippen molar-refractivity contribution in [1.29, 1.82) is 0 Å². The fourth-order valence-corrected chi connectivity index (χ4v) is 7.08. The fourth-order valence-electron chi connectivity index (χ4n) is 5.45. The van der Waals surface area contributed by atoms with Crippen molar-refractivity contribution in [3.05, 3.63) is 191 Å². The Bertz CT molecular complexity index is 2750. The van der Waals surface area contributed by atoms with Crippen molar-refractivity contribution in [3.63, 3.8) is 0 Å². The number of nitrogens with one attached hydrogen (secondary N) is 3. The van der Waals surface area contributed by atoms with Gasteiger partial charge in [-0.05, 0) is 128 Å². The summed E-state index contributed by atoms with van der Waals surface area (Å²) in [6.07, 6.45) is 2.45. The second-order valence-electron chi connectivity index (χ2n) is 13.3. The van der Waals surface area contributed by atoms with Crippen LogP contribution in [0.25, 0.3) is 0 Å². The molecule has 6 rings (SSSR count). The number of nitrogens with two attached hydrogens (primary N) is 1. The van der Waals surface area contributed by atoms with Crippen LogP contribution < -0.4 is 21.3 Å². The van der Waals surface area contributed by atoms with Crippen LogP contribution in [0.4, 0.5) is 20.2 Å². The van der Waals surface area contributed by atoms with Gasteiger partial charge >= 0.3 is 0 Å². The Balaban J connectivity index is 0.000000243. The van der Waals surface area contributed by atoms with Gasteiger partial charge in [-0.1, -0.05) is 67.7 Å². The lowest BCUT2D eigenvalue weighted by Gasteiger charge is -2.12. The van der Waals surface area contributed by atoms with Crippen LogP contribution in [-0.4, -0.2) is 26.1 Å². The second kappa shape index (κ2) is 23.8. The minimum Gasteiger partial charge on any atom is -0.321 e. The van der Waals surface area contributed by atoms with Gasteiger partial charge in [-0.2, -0.15) is 5.90 Å². The first-order chi connectivity index (χ1) is 30.4. The standard InChI is InChI=1S/C27H25FN2O4S.C21H15FN2O3S/c1-2-3-4-9-26(31)30-35(33,34)25-8-6-5-7-24(25)29-27(32)22-16-12-20(13-17-22)10-11-21-14-18-23(28)19-15-21;22-18-13-9-16(10-14-18)6-5-15-7-11-17(12-8-15)21(25)24-19-3-1-2-4-20(19)28-27-26-23/h5-8,12-19H,2-4,9H2,1H3,(H,29,32)(H,30,31);1-4,7-14H,23H2,(H,24,25). The molecule has 320 valence electrons. The summed E-state index contributed by atoms with van der Waals surface area (Å²) >= 11 is 0.888. The number of anilines is 2. The zero-order chi connectivity index (χ0) is 45.0. The largest absolute Gasteiger partial charge is 0.321 e. The van der Waals surface area contributed by atoms with Crippen LogP contribution in [0.1, 0.15) is 75.6 Å². The van der Waals surface area contributed by atoms with E-state index in [4.69, 9.17) is 5.90 Å². The quantitative estimate of drug-likeness (QED) is 0.0291. The second-order valence-corrected chi connectivity index (χ2v) is 15.7. The van der Waals surface area contributed by atoms with Crippen molar-refractivity contribution in [2.75, 3.05) is 10.6 Å². The number of sulfonamides is 1. The van der Waals surface area contributed by atoms with E-state index in [9.17, 15) is 31.6 Å². The summed E-state index contributed by atoms with van der Waals surface area (Å²) in [6.45, 7) is 1.99. The molecular weight excluding hydrogens is 847 g/mol. The maximum absolute atomic E-state index is 13.0. The lowest BCUT2D eigenvalue weighted by molar-refractivity contribution is -0.195. The zero-order valence-electron chi connectivity index (χ0n) is 33.7. The van der Waals surface area contributed by atoms with Gasteiger partial charge in [0.1, 0.15) is 16.5 Å². The number of hydrogen-bond acceptors (Lipinski definition) is 9. The normalized spacial score (nSPS) is 10.4. The summed E-state index contributed by atoms with van der Waals surface area (Å²) < 4.78 is 58.1. The SMILES string of the molecule is CCCCCC(=O)NS(=O)(=O)c1ccccc1NC(=O)c1ccc(C#Cc2ccc(F)cc2)cc1.NOOSc1ccccc1NC(=O)c1ccc(C#Cc2ccc(F)cc2)cc1. The molecule has 0 heterocycles. The zero-order valence-corrected chi connectivity index (χ0v) is 35.3. The molecular formula is C48H40F2N4O7S2. The van der Waals surface area contributed by atoms with E-state index in [2.05, 4.69) is 48.4 Å². The fraction of sp³-hybridized carbons (Fsp3) is 0.104. The Hall–Kier alpha value is -7.11. The van der Waals surface area contributed by atoms with Crippen molar-refractivity contribution >= 4 is 51.2 Å². The molecule has 0 bridgehead atoms. The monoisotopic (exact) mass is 886 g/mol. The molecule has 0 radical (unpaired) electrons. The highest BCUT2D eigenvalue weighted by Crippen LogP contribution is 2.28. The average molecular weight is 887 g/mol. The van der Waals surface area contributed by atoms with Crippen molar-refractivity contribution in [2.24, 2.45) is 5.90 Å². The lowest BCUT2D eigenvalue weighted by Crippen LogP contribution is -2.31. The lowest BCUT2D eigenvalue weighted by atomic mass is 10.1. The van der Waals surface area contributed by atoms with E-state index in [1.807, 2.05) is 6.92 Å². The van der Waals surface area contributed by atoms with E-state index in [0.717, 1.165) is 30.4 Å². The highest BCUT2D eigenvalue weighted by molar-refractivity contribution is 7.94. The third kappa shape index (κ3) is 15.1. The first-order valence-electron chi connectivity index (χ1n) is 19.3. The Morgan fingerprint density at radius 2 is 1.03 bits per heavy atom. The molecule has 0 aromatic heterocycles. The number of rotatable bonds is 13. The molecule has 0 saturated heterocycles. The molecule has 3 amide bonds. The first-order valence-corrected chi connectivity index (χ1v) is 21.5. The summed E-state index contributed by atoms with van der Waals surface area (Å²) in [4.78, 5) is 41.8. The van der Waals surface area contributed by atoms with Crippen LogP contribution >= 0.6 is 12.0 Å². The number of halogens is 2. The number of unbranched alkanes of at least 4 members (excludes halogenated alkanes) is 2. The molecule has 0 aliphatic rings. The maximum atomic E-state index is 13.0. The minimum absolute atomic E-state index is 0.0616. The molecule has 0 aliphatic heterocycles. The molecule has 0 saturated carbocycles. The van der Waals surface area contributed by atoms with E-state index < -0.39 is 21.8 Å². The van der Waals surface area contributed by atoms with E-state index in [1.165, 1.54) is 42.5 Å². The van der Waals surface area contributed by atoms with Crippen molar-refractivity contribution < 1.29 is 40.9 Å². The van der Waals surface area contributed by atoms with Gasteiger partial charge < -0.3 is 10.6 Å². The smallest absolute Gasteiger partial charge is 0.266 e. The van der Waals surface area contributed by atoms with Gasteiger partial charge in [0.15, 0.2) is 0 Å². The van der Waals surface area contributed by atoms with E-state index in [1.54, 1.807) is 103 Å². The topological polar surface area (TPSA) is 166 Å². The molecule has 15 heteroatoms. The van der Waals surface area contributed by atoms with Gasteiger partial charge in [-0.3, -0.25) is 14.4 Å². The molecule has 6 aromatic carbocycles. The summed E-state index contributed by atoms with van der Waals surface area (Å²) in [7, 11) is -4.15. The first kappa shape index (κ1) is 46.9. The van der Waals surface area contributed by atoms with Crippen LogP contribution in [0.15, 0.2) is 155 Å². The minimum atomic E-state index is -4.15. The van der Waals surface area contributed by atoms with Gasteiger partial charge in [0, 0.05) is 39.8 Å². The highest BCUT2D eigenvalue weighted by atomic mass is 32.2. The van der Waals surface area contributed by atoms with Crippen molar-refractivity contribution in [3.8, 4) is 23.7 Å². The highest BCUT2D eigenvalue weighted by Gasteiger charge is 2.22. The van der Waals surface area contributed by atoms with Crippen LogP contribution in [0.2, 0.25) is 0 Å². The number of amides is 3. The van der Waals surface area contributed by atoms with Gasteiger partial charge in [0.2, 0.25) is 5.91 Å². The van der Waals surface area contributed by atoms with Gasteiger partial charge in [-0.15, -0.1) is 9.32 Å². The molecule has 63 heavy (non-hydrogen) atoms. The molecule has 0 unspecified atom stereocenters. The predicted octanol–water partition coefficient (Wildman–Crippen LogP) is 9.17. The molecule has 6 aromatic rings. The summed E-state index contributed by atoms with van der Waals surface area (Å²) in [5.41, 5.74) is 4.16. The summed E-state index contributed by atoms with van der Waals surface area (Å²) in [5.74, 6) is 14.6.